The van der Waals surface area contributed by atoms with Gasteiger partial charge in [-0.2, -0.15) is 0 Å². The number of anilines is 1. The number of nitrogens with one attached hydrogen (secondary N) is 1. The lowest BCUT2D eigenvalue weighted by Crippen LogP contribution is -2.38. The quantitative estimate of drug-likeness (QED) is 0.581. The molecule has 1 aliphatic rings. The minimum Gasteiger partial charge on any atom is -0.387 e. The van der Waals surface area contributed by atoms with Crippen LogP contribution < -0.4 is 11.1 Å². The van der Waals surface area contributed by atoms with Crippen molar-refractivity contribution in [1.29, 1.82) is 0 Å². The van der Waals surface area contributed by atoms with E-state index in [4.69, 9.17) is 5.73 Å². The molecule has 3 rings (SSSR count). The highest BCUT2D eigenvalue weighted by Gasteiger charge is 2.22. The molecule has 7 nitrogen and oxygen atoms in total. The Morgan fingerprint density at radius 3 is 2.70 bits per heavy atom. The van der Waals surface area contributed by atoms with Gasteiger partial charge in [0.2, 0.25) is 0 Å². The van der Waals surface area contributed by atoms with E-state index in [2.05, 4.69) is 34.0 Å². The average Bonchev–Trinajstić information content (AvgIpc) is 2.91. The molecular formula is C23H29N5O2. The third-order valence-corrected chi connectivity index (χ3v) is 4.90. The number of hydrogen-bond acceptors (Lipinski definition) is 6. The SMILES string of the molecule is CCCN(CCC)C(O)C1=Cc2ccc(NC(=O)c3cccnc3)cc2N=C(N)C1. The molecular weight excluding hydrogens is 378 g/mol. The van der Waals surface area contributed by atoms with Gasteiger partial charge in [-0.15, -0.1) is 0 Å². The molecule has 1 atom stereocenters. The van der Waals surface area contributed by atoms with Gasteiger partial charge in [-0.05, 0) is 48.8 Å². The first-order chi connectivity index (χ1) is 14.5. The van der Waals surface area contributed by atoms with Crippen LogP contribution in [-0.4, -0.2) is 46.1 Å². The number of nitrogens with zero attached hydrogens (tertiary/aromatic N) is 3. The van der Waals surface area contributed by atoms with Crippen molar-refractivity contribution in [2.45, 2.75) is 39.3 Å². The first kappa shape index (κ1) is 21.7. The standard InChI is InChI=1S/C23H29N5O2/c1-3-10-28(11-4-2)23(30)18-12-16-7-8-19(14-20(16)27-21(24)13-18)26-22(29)17-6-5-9-25-15-17/h5-9,12,14-15,23,30H,3-4,10-11,13H2,1-2H3,(H2,24,27)(H,26,29). The van der Waals surface area contributed by atoms with Crippen LogP contribution in [0.5, 0.6) is 0 Å². The van der Waals surface area contributed by atoms with Crippen molar-refractivity contribution in [2.75, 3.05) is 18.4 Å². The Labute approximate surface area is 177 Å². The molecule has 0 saturated heterocycles. The number of amides is 1. The number of aromatic nitrogens is 1. The van der Waals surface area contributed by atoms with E-state index in [1.807, 2.05) is 18.2 Å². The zero-order chi connectivity index (χ0) is 21.5. The molecule has 1 unspecified atom stereocenters. The number of pyridine rings is 1. The summed E-state index contributed by atoms with van der Waals surface area (Å²) < 4.78 is 0. The summed E-state index contributed by atoms with van der Waals surface area (Å²) in [6, 6.07) is 8.91. The Morgan fingerprint density at radius 2 is 2.03 bits per heavy atom. The monoisotopic (exact) mass is 407 g/mol. The molecule has 2 heterocycles. The molecule has 2 aromatic rings. The molecule has 0 aliphatic carbocycles. The van der Waals surface area contributed by atoms with Gasteiger partial charge in [0.1, 0.15) is 12.1 Å². The number of carbonyl (C=O) groups is 1. The maximum atomic E-state index is 12.4. The number of carbonyl (C=O) groups excluding carboxylic acids is 1. The molecule has 1 aliphatic heterocycles. The van der Waals surface area contributed by atoms with Gasteiger partial charge >= 0.3 is 0 Å². The number of fused-ring (bicyclic) bond motifs is 1. The number of aliphatic imine (C=N–C) groups is 1. The number of benzene rings is 1. The van der Waals surface area contributed by atoms with Gasteiger partial charge in [0.15, 0.2) is 0 Å². The summed E-state index contributed by atoms with van der Waals surface area (Å²) >= 11 is 0. The van der Waals surface area contributed by atoms with Crippen LogP contribution in [0.15, 0.2) is 53.3 Å². The zero-order valence-corrected chi connectivity index (χ0v) is 17.5. The fourth-order valence-corrected chi connectivity index (χ4v) is 3.53. The van der Waals surface area contributed by atoms with Crippen LogP contribution in [-0.2, 0) is 0 Å². The molecule has 0 fully saturated rings. The summed E-state index contributed by atoms with van der Waals surface area (Å²) in [6.45, 7) is 5.83. The van der Waals surface area contributed by atoms with Gasteiger partial charge in [0, 0.05) is 43.2 Å². The van der Waals surface area contributed by atoms with E-state index in [1.54, 1.807) is 24.4 Å². The number of aliphatic hydroxyl groups is 1. The second kappa shape index (κ2) is 10.1. The summed E-state index contributed by atoms with van der Waals surface area (Å²) in [7, 11) is 0. The van der Waals surface area contributed by atoms with Crippen LogP contribution >= 0.6 is 0 Å². The summed E-state index contributed by atoms with van der Waals surface area (Å²) in [4.78, 5) is 22.9. The minimum atomic E-state index is -0.699. The zero-order valence-electron chi connectivity index (χ0n) is 17.5. The lowest BCUT2D eigenvalue weighted by Gasteiger charge is -2.28. The minimum absolute atomic E-state index is 0.241. The van der Waals surface area contributed by atoms with Gasteiger partial charge < -0.3 is 16.2 Å². The van der Waals surface area contributed by atoms with Crippen molar-refractivity contribution in [3.8, 4) is 0 Å². The fourth-order valence-electron chi connectivity index (χ4n) is 3.53. The van der Waals surface area contributed by atoms with Crippen molar-refractivity contribution < 1.29 is 9.90 Å². The maximum Gasteiger partial charge on any atom is 0.257 e. The normalized spacial score (nSPS) is 14.4. The summed E-state index contributed by atoms with van der Waals surface area (Å²) in [5, 5.41) is 13.8. The molecule has 4 N–H and O–H groups in total. The highest BCUT2D eigenvalue weighted by atomic mass is 16.3. The van der Waals surface area contributed by atoms with E-state index >= 15 is 0 Å². The topological polar surface area (TPSA) is 104 Å². The Morgan fingerprint density at radius 1 is 1.27 bits per heavy atom. The largest absolute Gasteiger partial charge is 0.387 e. The third-order valence-electron chi connectivity index (χ3n) is 4.90. The van der Waals surface area contributed by atoms with Gasteiger partial charge in [0.25, 0.3) is 5.91 Å². The second-order valence-corrected chi connectivity index (χ2v) is 7.38. The molecule has 0 bridgehead atoms. The first-order valence-corrected chi connectivity index (χ1v) is 10.3. The van der Waals surface area contributed by atoms with E-state index in [9.17, 15) is 9.90 Å². The van der Waals surface area contributed by atoms with Crippen molar-refractivity contribution in [1.82, 2.24) is 9.88 Å². The highest BCUT2D eigenvalue weighted by Crippen LogP contribution is 2.31. The second-order valence-electron chi connectivity index (χ2n) is 7.38. The Balaban J connectivity index is 1.85. The van der Waals surface area contributed by atoms with Gasteiger partial charge in [-0.1, -0.05) is 19.9 Å². The smallest absolute Gasteiger partial charge is 0.257 e. The third kappa shape index (κ3) is 5.31. The highest BCUT2D eigenvalue weighted by molar-refractivity contribution is 6.04. The van der Waals surface area contributed by atoms with Gasteiger partial charge in [-0.25, -0.2) is 4.99 Å². The van der Waals surface area contributed by atoms with Crippen molar-refractivity contribution >= 4 is 29.2 Å². The lowest BCUT2D eigenvalue weighted by atomic mass is 10.0. The fraction of sp³-hybridized carbons (Fsp3) is 0.348. The van der Waals surface area contributed by atoms with Gasteiger partial charge in [0.05, 0.1) is 11.3 Å². The van der Waals surface area contributed by atoms with Crippen LogP contribution in [0.25, 0.3) is 6.08 Å². The summed E-state index contributed by atoms with van der Waals surface area (Å²) in [6.07, 6.45) is 6.72. The first-order valence-electron chi connectivity index (χ1n) is 10.3. The van der Waals surface area contributed by atoms with Gasteiger partial charge in [-0.3, -0.25) is 14.7 Å². The van der Waals surface area contributed by atoms with E-state index in [-0.39, 0.29) is 5.91 Å². The Hall–Kier alpha value is -3.03. The number of nitrogens with two attached hydrogens (primary N) is 1. The molecule has 1 aromatic heterocycles. The summed E-state index contributed by atoms with van der Waals surface area (Å²) in [5.74, 6) is 0.192. The van der Waals surface area contributed by atoms with Crippen molar-refractivity contribution in [3.05, 3.63) is 59.4 Å². The van der Waals surface area contributed by atoms with E-state index in [0.29, 0.717) is 29.2 Å². The molecule has 0 spiro atoms. The van der Waals surface area contributed by atoms with Crippen molar-refractivity contribution in [3.63, 3.8) is 0 Å². The van der Waals surface area contributed by atoms with E-state index < -0.39 is 6.23 Å². The molecule has 158 valence electrons. The molecule has 1 amide bonds. The van der Waals surface area contributed by atoms with Crippen LogP contribution in [0.1, 0.15) is 49.0 Å². The van der Waals surface area contributed by atoms with Crippen LogP contribution in [0.4, 0.5) is 11.4 Å². The molecule has 1 aromatic carbocycles. The number of hydrogen-bond donors (Lipinski definition) is 3. The van der Waals surface area contributed by atoms with E-state index in [0.717, 1.165) is 37.1 Å². The predicted molar refractivity (Wildman–Crippen MR) is 121 cm³/mol. The Kier molecular flexibility index (Phi) is 7.32. The average molecular weight is 408 g/mol. The van der Waals surface area contributed by atoms with Crippen molar-refractivity contribution in [2.24, 2.45) is 10.7 Å². The van der Waals surface area contributed by atoms with Crippen LogP contribution in [0.2, 0.25) is 0 Å². The maximum absolute atomic E-state index is 12.4. The van der Waals surface area contributed by atoms with Crippen LogP contribution in [0.3, 0.4) is 0 Å². The summed E-state index contributed by atoms with van der Waals surface area (Å²) in [5.41, 5.74) is 9.60. The molecule has 7 heteroatoms. The number of rotatable bonds is 8. The molecule has 30 heavy (non-hydrogen) atoms. The lowest BCUT2D eigenvalue weighted by molar-refractivity contribution is 0.0323. The molecule has 0 saturated carbocycles. The Bertz CT molecular complexity index is 934. The number of amidine groups is 1. The van der Waals surface area contributed by atoms with Crippen LogP contribution in [0, 0.1) is 0 Å². The molecule has 0 radical (unpaired) electrons. The predicted octanol–water partition coefficient (Wildman–Crippen LogP) is 3.55. The number of aliphatic hydroxyl groups excluding tert-OH is 1. The van der Waals surface area contributed by atoms with E-state index in [1.165, 1.54) is 6.20 Å².